The first-order chi connectivity index (χ1) is 14.2. The number of likely N-dealkylation sites (tertiary alicyclic amines) is 1. The highest BCUT2D eigenvalue weighted by atomic mass is 16.5. The highest BCUT2D eigenvalue weighted by Gasteiger charge is 2.45. The molecule has 0 N–H and O–H groups in total. The molecule has 1 saturated carbocycles. The van der Waals surface area contributed by atoms with Gasteiger partial charge in [0.05, 0.1) is 19.8 Å². The van der Waals surface area contributed by atoms with Gasteiger partial charge < -0.3 is 14.4 Å². The Labute approximate surface area is 172 Å². The topological polar surface area (TPSA) is 59.1 Å². The fraction of sp³-hybridized carbons (Fsp3) is 0.565. The van der Waals surface area contributed by atoms with Crippen LogP contribution in [0.5, 0.6) is 11.5 Å². The second kappa shape index (κ2) is 8.47. The number of carbonyl (C=O) groups excluding carboxylic acids is 2. The molecule has 0 spiro atoms. The van der Waals surface area contributed by atoms with Gasteiger partial charge in [0.2, 0.25) is 0 Å². The second-order valence-electron chi connectivity index (χ2n) is 8.11. The summed E-state index contributed by atoms with van der Waals surface area (Å²) in [6.45, 7) is 1.65. The molecular weight excluding hydrogens is 368 g/mol. The van der Waals surface area contributed by atoms with Gasteiger partial charge in [-0.15, -0.1) is 0 Å². The number of amides is 2. The number of imide groups is 1. The maximum absolute atomic E-state index is 13.6. The number of carbonyl (C=O) groups is 2. The van der Waals surface area contributed by atoms with Crippen LogP contribution in [0.4, 0.5) is 0 Å². The second-order valence-corrected chi connectivity index (χ2v) is 8.11. The molecule has 2 amide bonds. The van der Waals surface area contributed by atoms with E-state index in [1.807, 2.05) is 12.1 Å². The number of benzene rings is 1. The van der Waals surface area contributed by atoms with Crippen LogP contribution >= 0.6 is 0 Å². The van der Waals surface area contributed by atoms with Crippen molar-refractivity contribution < 1.29 is 19.1 Å². The minimum Gasteiger partial charge on any atom is -0.493 e. The quantitative estimate of drug-likeness (QED) is 0.560. The summed E-state index contributed by atoms with van der Waals surface area (Å²) in [6, 6.07) is 5.47. The molecule has 2 heterocycles. The van der Waals surface area contributed by atoms with Gasteiger partial charge in [-0.1, -0.05) is 31.7 Å². The molecule has 0 aromatic heterocycles. The summed E-state index contributed by atoms with van der Waals surface area (Å²) in [6.07, 6.45) is 8.43. The third kappa shape index (κ3) is 3.61. The molecule has 2 fully saturated rings. The third-order valence-corrected chi connectivity index (χ3v) is 6.38. The van der Waals surface area contributed by atoms with Crippen molar-refractivity contribution in [1.29, 1.82) is 0 Å². The van der Waals surface area contributed by atoms with Gasteiger partial charge in [-0.3, -0.25) is 14.5 Å². The van der Waals surface area contributed by atoms with Crippen molar-refractivity contribution in [1.82, 2.24) is 9.80 Å². The summed E-state index contributed by atoms with van der Waals surface area (Å²) in [5, 5.41) is 0. The smallest absolute Gasteiger partial charge is 0.278 e. The van der Waals surface area contributed by atoms with Gasteiger partial charge in [0.25, 0.3) is 11.8 Å². The van der Waals surface area contributed by atoms with Crippen molar-refractivity contribution >= 4 is 17.4 Å². The van der Waals surface area contributed by atoms with Crippen molar-refractivity contribution in [3.63, 3.8) is 0 Å². The van der Waals surface area contributed by atoms with Crippen molar-refractivity contribution in [2.75, 3.05) is 27.3 Å². The van der Waals surface area contributed by atoms with Crippen molar-refractivity contribution in [3.05, 3.63) is 29.5 Å². The molecule has 3 aliphatic rings. The number of rotatable bonds is 5. The SMILES string of the molecule is COc1ccc(C2=C(N3CCCC3)C(=O)N(C3CCCCCC3)C2=O)cc1OC. The maximum Gasteiger partial charge on any atom is 0.278 e. The lowest BCUT2D eigenvalue weighted by Gasteiger charge is -2.26. The molecule has 0 unspecified atom stereocenters. The molecule has 1 saturated heterocycles. The minimum absolute atomic E-state index is 0.00717. The number of ether oxygens (including phenoxy) is 2. The highest BCUT2D eigenvalue weighted by Crippen LogP contribution is 2.39. The van der Waals surface area contributed by atoms with E-state index >= 15 is 0 Å². The number of hydrogen-bond donors (Lipinski definition) is 0. The Morgan fingerprint density at radius 2 is 1.48 bits per heavy atom. The molecule has 0 atom stereocenters. The molecule has 0 radical (unpaired) electrons. The fourth-order valence-corrected chi connectivity index (χ4v) is 4.87. The molecule has 6 heteroatoms. The average molecular weight is 399 g/mol. The molecule has 2 aliphatic heterocycles. The van der Waals surface area contributed by atoms with Crippen LogP contribution in [0.1, 0.15) is 56.9 Å². The van der Waals surface area contributed by atoms with Gasteiger partial charge in [-0.2, -0.15) is 0 Å². The molecule has 6 nitrogen and oxygen atoms in total. The van der Waals surface area contributed by atoms with Crippen LogP contribution in [-0.2, 0) is 9.59 Å². The summed E-state index contributed by atoms with van der Waals surface area (Å²) < 4.78 is 10.8. The minimum atomic E-state index is -0.156. The van der Waals surface area contributed by atoms with Gasteiger partial charge in [-0.25, -0.2) is 0 Å². The van der Waals surface area contributed by atoms with Crippen LogP contribution in [0.3, 0.4) is 0 Å². The summed E-state index contributed by atoms with van der Waals surface area (Å²) in [5.74, 6) is 0.896. The number of nitrogens with zero attached hydrogens (tertiary/aromatic N) is 2. The van der Waals surface area contributed by atoms with Crippen LogP contribution in [0.15, 0.2) is 23.9 Å². The zero-order chi connectivity index (χ0) is 20.4. The van der Waals surface area contributed by atoms with E-state index in [0.29, 0.717) is 22.8 Å². The van der Waals surface area contributed by atoms with Crippen LogP contribution in [-0.4, -0.2) is 55.0 Å². The van der Waals surface area contributed by atoms with E-state index in [0.717, 1.165) is 57.2 Å². The van der Waals surface area contributed by atoms with E-state index in [1.165, 1.54) is 12.8 Å². The zero-order valence-electron chi connectivity index (χ0n) is 17.4. The van der Waals surface area contributed by atoms with Gasteiger partial charge in [0, 0.05) is 19.1 Å². The first kappa shape index (κ1) is 19.8. The Morgan fingerprint density at radius 1 is 0.828 bits per heavy atom. The van der Waals surface area contributed by atoms with E-state index in [9.17, 15) is 9.59 Å². The average Bonchev–Trinajstić information content (AvgIpc) is 3.25. The predicted octanol–water partition coefficient (Wildman–Crippen LogP) is 3.60. The first-order valence-electron chi connectivity index (χ1n) is 10.7. The van der Waals surface area contributed by atoms with Crippen LogP contribution in [0, 0.1) is 0 Å². The Hall–Kier alpha value is -2.50. The third-order valence-electron chi connectivity index (χ3n) is 6.38. The van der Waals surface area contributed by atoms with Crippen molar-refractivity contribution in [3.8, 4) is 11.5 Å². The van der Waals surface area contributed by atoms with Crippen LogP contribution < -0.4 is 9.47 Å². The standard InChI is InChI=1S/C23H30N2O4/c1-28-18-12-11-16(15-19(18)29-2)20-21(24-13-7-8-14-24)23(27)25(22(20)26)17-9-5-3-4-6-10-17/h11-12,15,17H,3-10,13-14H2,1-2H3. The van der Waals surface area contributed by atoms with Crippen LogP contribution in [0.2, 0.25) is 0 Å². The molecule has 1 aromatic rings. The molecule has 1 aliphatic carbocycles. The maximum atomic E-state index is 13.6. The summed E-state index contributed by atoms with van der Waals surface area (Å²) >= 11 is 0. The monoisotopic (exact) mass is 398 g/mol. The van der Waals surface area contributed by atoms with E-state index in [2.05, 4.69) is 4.90 Å². The van der Waals surface area contributed by atoms with E-state index in [-0.39, 0.29) is 17.9 Å². The van der Waals surface area contributed by atoms with Crippen molar-refractivity contribution in [2.24, 2.45) is 0 Å². The first-order valence-corrected chi connectivity index (χ1v) is 10.7. The Bertz CT molecular complexity index is 818. The van der Waals surface area contributed by atoms with Gasteiger partial charge >= 0.3 is 0 Å². The molecule has 156 valence electrons. The summed E-state index contributed by atoms with van der Waals surface area (Å²) in [4.78, 5) is 30.8. The fourth-order valence-electron chi connectivity index (χ4n) is 4.87. The lowest BCUT2D eigenvalue weighted by molar-refractivity contribution is -0.140. The van der Waals surface area contributed by atoms with Gasteiger partial charge in [-0.05, 0) is 43.4 Å². The number of methoxy groups -OCH3 is 2. The largest absolute Gasteiger partial charge is 0.493 e. The molecule has 4 rings (SSSR count). The van der Waals surface area contributed by atoms with Crippen molar-refractivity contribution in [2.45, 2.75) is 57.4 Å². The van der Waals surface area contributed by atoms with Crippen LogP contribution in [0.25, 0.3) is 5.57 Å². The lowest BCUT2D eigenvalue weighted by atomic mass is 10.0. The van der Waals surface area contributed by atoms with Gasteiger partial charge in [0.15, 0.2) is 11.5 Å². The molecule has 1 aromatic carbocycles. The number of hydrogen-bond acceptors (Lipinski definition) is 5. The summed E-state index contributed by atoms with van der Waals surface area (Å²) in [7, 11) is 3.17. The Balaban J connectivity index is 1.77. The van der Waals surface area contributed by atoms with Gasteiger partial charge in [0.1, 0.15) is 5.70 Å². The summed E-state index contributed by atoms with van der Waals surface area (Å²) in [5.41, 5.74) is 1.81. The van der Waals surface area contributed by atoms with E-state index in [1.54, 1.807) is 25.2 Å². The Kier molecular flexibility index (Phi) is 5.79. The highest BCUT2D eigenvalue weighted by molar-refractivity contribution is 6.35. The predicted molar refractivity (Wildman–Crippen MR) is 111 cm³/mol. The normalized spacial score (nSPS) is 21.2. The Morgan fingerprint density at radius 3 is 2.10 bits per heavy atom. The van der Waals surface area contributed by atoms with E-state index < -0.39 is 0 Å². The van der Waals surface area contributed by atoms with E-state index in [4.69, 9.17) is 9.47 Å². The molecule has 29 heavy (non-hydrogen) atoms. The zero-order valence-corrected chi connectivity index (χ0v) is 17.4. The lowest BCUT2D eigenvalue weighted by Crippen LogP contribution is -2.42. The molecular formula is C23H30N2O4. The molecule has 0 bridgehead atoms.